The lowest BCUT2D eigenvalue weighted by Crippen LogP contribution is -2.45. The Morgan fingerprint density at radius 3 is 2.56 bits per heavy atom. The Kier molecular flexibility index (Phi) is 6.37. The van der Waals surface area contributed by atoms with Gasteiger partial charge in [-0.25, -0.2) is 0 Å². The zero-order valence-electron chi connectivity index (χ0n) is 14.7. The van der Waals surface area contributed by atoms with Crippen LogP contribution in [0.2, 0.25) is 0 Å². The summed E-state index contributed by atoms with van der Waals surface area (Å²) in [5.74, 6) is 3.31. The smallest absolute Gasteiger partial charge is 0.224 e. The molecule has 2 fully saturated rings. The van der Waals surface area contributed by atoms with Gasteiger partial charge in [-0.05, 0) is 37.1 Å². The van der Waals surface area contributed by atoms with Crippen LogP contribution in [0.25, 0.3) is 0 Å². The Morgan fingerprint density at radius 1 is 1.24 bits per heavy atom. The van der Waals surface area contributed by atoms with Crippen molar-refractivity contribution < 1.29 is 14.3 Å². The Bertz CT molecular complexity index is 591. The summed E-state index contributed by atoms with van der Waals surface area (Å²) in [4.78, 5) is 27.0. The number of Topliss-reactive ketones (excluding diaryl/α,β-unsaturated/α-hetero) is 1. The molecule has 0 aliphatic carbocycles. The number of hydrogen-bond acceptors (Lipinski definition) is 5. The Labute approximate surface area is 153 Å². The molecule has 0 saturated carbocycles. The van der Waals surface area contributed by atoms with Crippen LogP contribution in [0.3, 0.4) is 0 Å². The standard InChI is InChI=1S/C19H26N2O3S/c1-24-17-4-2-14(3-5-17)19(23)15-6-9-21(10-7-15)18(22)12-16-13-25-11-8-20-16/h2-5,15-16,20H,6-13H2,1H3. The minimum atomic E-state index is 0.0146. The third-order valence-corrected chi connectivity index (χ3v) is 6.14. The fourth-order valence-electron chi connectivity index (χ4n) is 3.47. The van der Waals surface area contributed by atoms with Gasteiger partial charge in [-0.3, -0.25) is 9.59 Å². The minimum absolute atomic E-state index is 0.0146. The average Bonchev–Trinajstić information content (AvgIpc) is 2.68. The summed E-state index contributed by atoms with van der Waals surface area (Å²) in [7, 11) is 1.62. The van der Waals surface area contributed by atoms with Crippen LogP contribution in [-0.4, -0.2) is 60.9 Å². The van der Waals surface area contributed by atoms with Crippen molar-refractivity contribution >= 4 is 23.5 Å². The molecule has 1 aromatic carbocycles. The highest BCUT2D eigenvalue weighted by Crippen LogP contribution is 2.24. The number of nitrogens with one attached hydrogen (secondary N) is 1. The summed E-state index contributed by atoms with van der Waals surface area (Å²) in [5, 5.41) is 3.41. The number of piperidine rings is 1. The number of thioether (sulfide) groups is 1. The number of ketones is 1. The molecule has 1 unspecified atom stereocenters. The topological polar surface area (TPSA) is 58.6 Å². The van der Waals surface area contributed by atoms with Crippen molar-refractivity contribution in [3.05, 3.63) is 29.8 Å². The van der Waals surface area contributed by atoms with Gasteiger partial charge in [0.05, 0.1) is 7.11 Å². The lowest BCUT2D eigenvalue weighted by molar-refractivity contribution is -0.132. The molecule has 25 heavy (non-hydrogen) atoms. The minimum Gasteiger partial charge on any atom is -0.497 e. The van der Waals surface area contributed by atoms with Gasteiger partial charge in [-0.15, -0.1) is 0 Å². The first-order chi connectivity index (χ1) is 12.2. The molecule has 0 spiro atoms. The van der Waals surface area contributed by atoms with Gasteiger partial charge in [0, 0.05) is 55.1 Å². The van der Waals surface area contributed by atoms with Gasteiger partial charge in [0.1, 0.15) is 5.75 Å². The molecular formula is C19H26N2O3S. The number of carbonyl (C=O) groups excluding carboxylic acids is 2. The highest BCUT2D eigenvalue weighted by atomic mass is 32.2. The van der Waals surface area contributed by atoms with Crippen LogP contribution in [0.4, 0.5) is 0 Å². The number of hydrogen-bond donors (Lipinski definition) is 1. The number of rotatable bonds is 5. The van der Waals surface area contributed by atoms with Crippen LogP contribution >= 0.6 is 11.8 Å². The molecule has 1 atom stereocenters. The van der Waals surface area contributed by atoms with Crippen LogP contribution in [0, 0.1) is 5.92 Å². The number of nitrogens with zero attached hydrogens (tertiary/aromatic N) is 1. The Morgan fingerprint density at radius 2 is 1.96 bits per heavy atom. The molecule has 0 radical (unpaired) electrons. The van der Waals surface area contributed by atoms with E-state index in [1.807, 2.05) is 40.9 Å². The van der Waals surface area contributed by atoms with E-state index in [0.29, 0.717) is 25.6 Å². The van der Waals surface area contributed by atoms with E-state index in [4.69, 9.17) is 4.74 Å². The molecule has 3 rings (SSSR count). The number of methoxy groups -OCH3 is 1. The predicted octanol–water partition coefficient (Wildman–Crippen LogP) is 2.21. The fourth-order valence-corrected chi connectivity index (χ4v) is 4.42. The average molecular weight is 362 g/mol. The van der Waals surface area contributed by atoms with Gasteiger partial charge < -0.3 is 15.0 Å². The van der Waals surface area contributed by atoms with E-state index in [-0.39, 0.29) is 17.6 Å². The number of carbonyl (C=O) groups is 2. The fraction of sp³-hybridized carbons (Fsp3) is 0.579. The lowest BCUT2D eigenvalue weighted by atomic mass is 9.88. The number of ether oxygens (including phenoxy) is 1. The van der Waals surface area contributed by atoms with Gasteiger partial charge in [0.15, 0.2) is 5.78 Å². The van der Waals surface area contributed by atoms with E-state index in [0.717, 1.165) is 42.2 Å². The second kappa shape index (κ2) is 8.72. The number of likely N-dealkylation sites (tertiary alicyclic amines) is 1. The normalized spacial score (nSPS) is 21.8. The monoisotopic (exact) mass is 362 g/mol. The van der Waals surface area contributed by atoms with E-state index in [1.165, 1.54) is 0 Å². The second-order valence-electron chi connectivity index (χ2n) is 6.68. The van der Waals surface area contributed by atoms with Crippen molar-refractivity contribution in [1.29, 1.82) is 0 Å². The molecule has 1 N–H and O–H groups in total. The first-order valence-electron chi connectivity index (χ1n) is 8.94. The Hall–Kier alpha value is -1.53. The van der Waals surface area contributed by atoms with Crippen molar-refractivity contribution in [3.8, 4) is 5.75 Å². The second-order valence-corrected chi connectivity index (χ2v) is 7.83. The van der Waals surface area contributed by atoms with Gasteiger partial charge in [0.25, 0.3) is 0 Å². The van der Waals surface area contributed by atoms with Gasteiger partial charge in [-0.1, -0.05) is 0 Å². The van der Waals surface area contributed by atoms with Gasteiger partial charge in [-0.2, -0.15) is 11.8 Å². The first-order valence-corrected chi connectivity index (χ1v) is 10.1. The molecule has 5 nitrogen and oxygen atoms in total. The molecule has 2 aliphatic rings. The predicted molar refractivity (Wildman–Crippen MR) is 100 cm³/mol. The summed E-state index contributed by atoms with van der Waals surface area (Å²) in [6, 6.07) is 7.59. The zero-order valence-corrected chi connectivity index (χ0v) is 15.5. The maximum atomic E-state index is 12.6. The SMILES string of the molecule is COc1ccc(C(=O)C2CCN(C(=O)CC3CSCCN3)CC2)cc1. The van der Waals surface area contributed by atoms with Crippen molar-refractivity contribution in [1.82, 2.24) is 10.2 Å². The Balaban J connectivity index is 1.48. The number of amides is 1. The molecule has 0 aromatic heterocycles. The van der Waals surface area contributed by atoms with Crippen LogP contribution in [0.5, 0.6) is 5.75 Å². The zero-order chi connectivity index (χ0) is 17.6. The molecular weight excluding hydrogens is 336 g/mol. The molecule has 1 amide bonds. The van der Waals surface area contributed by atoms with Crippen molar-refractivity contribution in [3.63, 3.8) is 0 Å². The summed E-state index contributed by atoms with van der Waals surface area (Å²) in [5.41, 5.74) is 0.731. The van der Waals surface area contributed by atoms with Crippen LogP contribution < -0.4 is 10.1 Å². The highest BCUT2D eigenvalue weighted by molar-refractivity contribution is 7.99. The van der Waals surface area contributed by atoms with Crippen LogP contribution in [0.15, 0.2) is 24.3 Å². The number of benzene rings is 1. The largest absolute Gasteiger partial charge is 0.497 e. The summed E-state index contributed by atoms with van der Waals surface area (Å²) in [6.45, 7) is 2.36. The molecule has 2 saturated heterocycles. The highest BCUT2D eigenvalue weighted by Gasteiger charge is 2.29. The van der Waals surface area contributed by atoms with E-state index < -0.39 is 0 Å². The maximum Gasteiger partial charge on any atom is 0.224 e. The van der Waals surface area contributed by atoms with E-state index in [2.05, 4.69) is 5.32 Å². The van der Waals surface area contributed by atoms with Crippen LogP contribution in [0.1, 0.15) is 29.6 Å². The molecule has 1 aromatic rings. The quantitative estimate of drug-likeness (QED) is 0.814. The third-order valence-electron chi connectivity index (χ3n) is 5.01. The van der Waals surface area contributed by atoms with Gasteiger partial charge in [0.2, 0.25) is 5.91 Å². The van der Waals surface area contributed by atoms with E-state index in [9.17, 15) is 9.59 Å². The van der Waals surface area contributed by atoms with Crippen molar-refractivity contribution in [2.45, 2.75) is 25.3 Å². The van der Waals surface area contributed by atoms with Crippen LogP contribution in [-0.2, 0) is 4.79 Å². The third kappa shape index (κ3) is 4.76. The maximum absolute atomic E-state index is 12.6. The molecule has 6 heteroatoms. The van der Waals surface area contributed by atoms with E-state index >= 15 is 0 Å². The van der Waals surface area contributed by atoms with Crippen molar-refractivity contribution in [2.24, 2.45) is 5.92 Å². The lowest BCUT2D eigenvalue weighted by Gasteiger charge is -2.33. The van der Waals surface area contributed by atoms with Gasteiger partial charge >= 0.3 is 0 Å². The molecule has 2 heterocycles. The summed E-state index contributed by atoms with van der Waals surface area (Å²) < 4.78 is 5.14. The van der Waals surface area contributed by atoms with E-state index in [1.54, 1.807) is 7.11 Å². The summed E-state index contributed by atoms with van der Waals surface area (Å²) >= 11 is 1.91. The molecule has 136 valence electrons. The summed E-state index contributed by atoms with van der Waals surface area (Å²) in [6.07, 6.45) is 2.08. The first kappa shape index (κ1) is 18.3. The molecule has 2 aliphatic heterocycles. The molecule has 0 bridgehead atoms. The van der Waals surface area contributed by atoms with Crippen molar-refractivity contribution in [2.75, 3.05) is 38.2 Å².